The van der Waals surface area contributed by atoms with Crippen LogP contribution in [0.5, 0.6) is 0 Å². The third-order valence-corrected chi connectivity index (χ3v) is 2.24. The Kier molecular flexibility index (Phi) is 3.47. The quantitative estimate of drug-likeness (QED) is 0.661. The van der Waals surface area contributed by atoms with Crippen LogP contribution in [0.2, 0.25) is 0 Å². The molecule has 1 rings (SSSR count). The molecule has 1 heteroatoms. The van der Waals surface area contributed by atoms with Gasteiger partial charge in [-0.3, -0.25) is 0 Å². The monoisotopic (exact) mass is 180 g/mol. The minimum atomic E-state index is -0.0547. The molecule has 0 aliphatic carbocycles. The molecule has 13 heavy (non-hydrogen) atoms. The van der Waals surface area contributed by atoms with Gasteiger partial charge < -0.3 is 0 Å². The van der Waals surface area contributed by atoms with Crippen LogP contribution in [0.4, 0.5) is 4.39 Å². The molecule has 0 saturated heterocycles. The van der Waals surface area contributed by atoms with Gasteiger partial charge in [-0.2, -0.15) is 0 Å². The van der Waals surface area contributed by atoms with E-state index < -0.39 is 0 Å². The number of aryl methyl sites for hydroxylation is 1. The highest BCUT2D eigenvalue weighted by molar-refractivity contribution is 5.31. The van der Waals surface area contributed by atoms with Crippen LogP contribution in [0.1, 0.15) is 44.2 Å². The largest absolute Gasteiger partial charge is 0.207 e. The number of rotatable bonds is 3. The second-order valence-electron chi connectivity index (χ2n) is 3.72. The van der Waals surface area contributed by atoms with Gasteiger partial charge in [0.1, 0.15) is 5.82 Å². The van der Waals surface area contributed by atoms with Crippen LogP contribution in [-0.4, -0.2) is 0 Å². The number of halogens is 1. The normalized spacial score (nSPS) is 10.8. The lowest BCUT2D eigenvalue weighted by molar-refractivity contribution is 0.592. The second kappa shape index (κ2) is 4.40. The van der Waals surface area contributed by atoms with Crippen molar-refractivity contribution in [2.45, 2.75) is 39.5 Å². The molecule has 0 radical (unpaired) electrons. The lowest BCUT2D eigenvalue weighted by atomic mass is 9.94. The molecule has 0 saturated carbocycles. The summed E-state index contributed by atoms with van der Waals surface area (Å²) >= 11 is 0. The summed E-state index contributed by atoms with van der Waals surface area (Å²) in [4.78, 5) is 0. The van der Waals surface area contributed by atoms with Crippen molar-refractivity contribution < 1.29 is 4.39 Å². The fourth-order valence-electron chi connectivity index (χ4n) is 1.72. The molecule has 0 aliphatic rings. The van der Waals surface area contributed by atoms with E-state index in [1.165, 1.54) is 0 Å². The van der Waals surface area contributed by atoms with Gasteiger partial charge in [0.2, 0.25) is 0 Å². The molecule has 0 heterocycles. The standard InChI is InChI=1S/C12H17F/c1-4-6-10-7-5-8-11(13)12(10)9(2)3/h5,7-9H,4,6H2,1-3H3. The van der Waals surface area contributed by atoms with E-state index >= 15 is 0 Å². The summed E-state index contributed by atoms with van der Waals surface area (Å²) in [5.74, 6) is 0.226. The smallest absolute Gasteiger partial charge is 0.126 e. The summed E-state index contributed by atoms with van der Waals surface area (Å²) in [6.45, 7) is 6.20. The van der Waals surface area contributed by atoms with Crippen LogP contribution in [0, 0.1) is 5.82 Å². The first-order valence-electron chi connectivity index (χ1n) is 4.94. The lowest BCUT2D eigenvalue weighted by Crippen LogP contribution is -1.99. The van der Waals surface area contributed by atoms with Crippen LogP contribution in [0.15, 0.2) is 18.2 Å². The molecule has 0 aliphatic heterocycles. The van der Waals surface area contributed by atoms with Crippen LogP contribution < -0.4 is 0 Å². The van der Waals surface area contributed by atoms with Gasteiger partial charge in [-0.15, -0.1) is 0 Å². The Morgan fingerprint density at radius 1 is 1.31 bits per heavy atom. The summed E-state index contributed by atoms with van der Waals surface area (Å²) in [6.07, 6.45) is 2.05. The van der Waals surface area contributed by atoms with E-state index in [4.69, 9.17) is 0 Å². The molecular formula is C12H17F. The van der Waals surface area contributed by atoms with Gasteiger partial charge in [0.15, 0.2) is 0 Å². The zero-order valence-corrected chi connectivity index (χ0v) is 8.60. The topological polar surface area (TPSA) is 0 Å². The number of hydrogen-bond donors (Lipinski definition) is 0. The molecule has 0 aromatic heterocycles. The highest BCUT2D eigenvalue weighted by atomic mass is 19.1. The molecule has 72 valence electrons. The molecule has 0 bridgehead atoms. The molecule has 0 spiro atoms. The van der Waals surface area contributed by atoms with Crippen molar-refractivity contribution in [1.82, 2.24) is 0 Å². The Hall–Kier alpha value is -0.850. The average Bonchev–Trinajstić information content (AvgIpc) is 2.04. The van der Waals surface area contributed by atoms with Crippen molar-refractivity contribution in [2.75, 3.05) is 0 Å². The highest BCUT2D eigenvalue weighted by Gasteiger charge is 2.10. The van der Waals surface area contributed by atoms with Gasteiger partial charge in [0.25, 0.3) is 0 Å². The van der Waals surface area contributed by atoms with E-state index in [0.717, 1.165) is 24.0 Å². The SMILES string of the molecule is CCCc1cccc(F)c1C(C)C. The predicted molar refractivity (Wildman–Crippen MR) is 54.5 cm³/mol. The molecule has 0 nitrogen and oxygen atoms in total. The molecule has 0 amide bonds. The predicted octanol–water partition coefficient (Wildman–Crippen LogP) is 3.90. The van der Waals surface area contributed by atoms with E-state index in [2.05, 4.69) is 6.92 Å². The Labute approximate surface area is 79.8 Å². The zero-order chi connectivity index (χ0) is 9.84. The Bertz CT molecular complexity index is 276. The Morgan fingerprint density at radius 2 is 2.00 bits per heavy atom. The van der Waals surface area contributed by atoms with Crippen LogP contribution in [0.3, 0.4) is 0 Å². The van der Waals surface area contributed by atoms with Crippen molar-refractivity contribution >= 4 is 0 Å². The van der Waals surface area contributed by atoms with Crippen molar-refractivity contribution in [2.24, 2.45) is 0 Å². The maximum atomic E-state index is 13.4. The first kappa shape index (κ1) is 10.2. The van der Waals surface area contributed by atoms with Crippen LogP contribution in [-0.2, 0) is 6.42 Å². The van der Waals surface area contributed by atoms with Crippen LogP contribution in [0.25, 0.3) is 0 Å². The average molecular weight is 180 g/mol. The molecule has 0 atom stereocenters. The number of hydrogen-bond acceptors (Lipinski definition) is 0. The van der Waals surface area contributed by atoms with Gasteiger partial charge >= 0.3 is 0 Å². The zero-order valence-electron chi connectivity index (χ0n) is 8.60. The van der Waals surface area contributed by atoms with Crippen molar-refractivity contribution in [3.8, 4) is 0 Å². The third kappa shape index (κ3) is 2.30. The van der Waals surface area contributed by atoms with Gasteiger partial charge in [-0.05, 0) is 29.5 Å². The Morgan fingerprint density at radius 3 is 2.54 bits per heavy atom. The van der Waals surface area contributed by atoms with E-state index in [9.17, 15) is 4.39 Å². The summed E-state index contributed by atoms with van der Waals surface area (Å²) in [7, 11) is 0. The van der Waals surface area contributed by atoms with E-state index in [1.54, 1.807) is 12.1 Å². The molecule has 0 N–H and O–H groups in total. The minimum Gasteiger partial charge on any atom is -0.207 e. The maximum Gasteiger partial charge on any atom is 0.126 e. The van der Waals surface area contributed by atoms with Crippen molar-refractivity contribution in [1.29, 1.82) is 0 Å². The van der Waals surface area contributed by atoms with Crippen molar-refractivity contribution in [3.05, 3.63) is 35.1 Å². The maximum absolute atomic E-state index is 13.4. The lowest BCUT2D eigenvalue weighted by Gasteiger charge is -2.12. The highest BCUT2D eigenvalue weighted by Crippen LogP contribution is 2.23. The summed E-state index contributed by atoms with van der Waals surface area (Å²) < 4.78 is 13.4. The molecule has 1 aromatic rings. The summed E-state index contributed by atoms with van der Waals surface area (Å²) in [6, 6.07) is 5.38. The third-order valence-electron chi connectivity index (χ3n) is 2.24. The van der Waals surface area contributed by atoms with Crippen molar-refractivity contribution in [3.63, 3.8) is 0 Å². The second-order valence-corrected chi connectivity index (χ2v) is 3.72. The summed E-state index contributed by atoms with van der Waals surface area (Å²) in [5, 5.41) is 0. The van der Waals surface area contributed by atoms with Crippen LogP contribution >= 0.6 is 0 Å². The molecular weight excluding hydrogens is 163 g/mol. The van der Waals surface area contributed by atoms with E-state index in [1.807, 2.05) is 19.9 Å². The summed E-state index contributed by atoms with van der Waals surface area (Å²) in [5.41, 5.74) is 2.06. The van der Waals surface area contributed by atoms with E-state index in [-0.39, 0.29) is 11.7 Å². The molecule has 1 aromatic carbocycles. The van der Waals surface area contributed by atoms with Gasteiger partial charge in [0.05, 0.1) is 0 Å². The van der Waals surface area contributed by atoms with E-state index in [0.29, 0.717) is 0 Å². The fourth-order valence-corrected chi connectivity index (χ4v) is 1.72. The van der Waals surface area contributed by atoms with Gasteiger partial charge in [0, 0.05) is 0 Å². The molecule has 0 fully saturated rings. The minimum absolute atomic E-state index is 0.0547. The fraction of sp³-hybridized carbons (Fsp3) is 0.500. The number of benzene rings is 1. The first-order chi connectivity index (χ1) is 6.16. The Balaban J connectivity index is 3.10. The first-order valence-corrected chi connectivity index (χ1v) is 4.94. The van der Waals surface area contributed by atoms with Gasteiger partial charge in [-0.1, -0.05) is 39.3 Å². The van der Waals surface area contributed by atoms with Gasteiger partial charge in [-0.25, -0.2) is 4.39 Å². The molecule has 0 unspecified atom stereocenters.